The summed E-state index contributed by atoms with van der Waals surface area (Å²) in [5, 5.41) is 19.5. The van der Waals surface area contributed by atoms with Gasteiger partial charge in [-0.25, -0.2) is 0 Å². The second kappa shape index (κ2) is 21.9. The van der Waals surface area contributed by atoms with Gasteiger partial charge in [-0.05, 0) is 25.7 Å². The van der Waals surface area contributed by atoms with Crippen molar-refractivity contribution < 1.29 is 47.3 Å². The first kappa shape index (κ1) is 22.8. The van der Waals surface area contributed by atoms with E-state index in [1.54, 1.807) is 0 Å². The zero-order valence-corrected chi connectivity index (χ0v) is 13.7. The molecule has 0 spiro atoms. The summed E-state index contributed by atoms with van der Waals surface area (Å²) in [6, 6.07) is 0. The molecule has 0 aromatic carbocycles. The second-order valence-corrected chi connectivity index (χ2v) is 3.66. The molecule has 0 radical (unpaired) electrons. The molecular weight excluding hydrogens is 315 g/mol. The molecule has 0 aliphatic rings. The summed E-state index contributed by atoms with van der Waals surface area (Å²) >= 11 is 0.300. The Morgan fingerprint density at radius 3 is 1.22 bits per heavy atom. The Hall–Kier alpha value is -0.377. The third-order valence-electron chi connectivity index (χ3n) is 1.97. The summed E-state index contributed by atoms with van der Waals surface area (Å²) in [6.45, 7) is 4.07. The molecule has 0 saturated carbocycles. The van der Waals surface area contributed by atoms with Crippen molar-refractivity contribution in [3.05, 3.63) is 0 Å². The van der Waals surface area contributed by atoms with Crippen LogP contribution in [0.15, 0.2) is 0 Å². The van der Waals surface area contributed by atoms with E-state index in [0.717, 1.165) is 38.5 Å². The number of unbranched alkanes of at least 4 members (excludes halogenated alkanes) is 4. The van der Waals surface area contributed by atoms with Gasteiger partial charge in [-0.3, -0.25) is 0 Å². The Bertz CT molecular complexity index is 177. The zero-order chi connectivity index (χ0) is 14.8. The number of carbonyl (C=O) groups is 2. The van der Waals surface area contributed by atoms with E-state index in [4.69, 9.17) is 2.81 Å². The quantitative estimate of drug-likeness (QED) is 0.601. The van der Waals surface area contributed by atoms with Gasteiger partial charge in [-0.2, -0.15) is 0 Å². The minimum absolute atomic E-state index is 0.216. The molecule has 0 unspecified atom stereocenters. The van der Waals surface area contributed by atoms with Crippen molar-refractivity contribution in [2.24, 2.45) is 0 Å². The van der Waals surface area contributed by atoms with Gasteiger partial charge in [0.05, 0.1) is 0 Å². The van der Waals surface area contributed by atoms with Crippen LogP contribution in [0.3, 0.4) is 0 Å². The van der Waals surface area contributed by atoms with Crippen LogP contribution in [-0.2, 0) is 37.1 Å². The Morgan fingerprint density at radius 2 is 1.06 bits per heavy atom. The Labute approximate surface area is 124 Å². The third kappa shape index (κ3) is 36.1. The average Bonchev–Trinajstić information content (AvgIpc) is 2.32. The Morgan fingerprint density at radius 1 is 0.778 bits per heavy atom. The van der Waals surface area contributed by atoms with Gasteiger partial charge in [-0.15, -0.1) is 0 Å². The summed E-state index contributed by atoms with van der Waals surface area (Å²) in [5.41, 5.74) is 0. The molecule has 6 heteroatoms. The van der Waals surface area contributed by atoms with Crippen LogP contribution in [-0.4, -0.2) is 11.9 Å². The average molecular weight is 338 g/mol. The van der Waals surface area contributed by atoms with Crippen LogP contribution in [0, 0.1) is 0 Å². The number of hydrogen-bond acceptors (Lipinski definition) is 5. The Balaban J connectivity index is -0.000000219. The summed E-state index contributed by atoms with van der Waals surface area (Å²) in [5.74, 6) is -1.86. The fourth-order valence-electron chi connectivity index (χ4n) is 1.04. The molecule has 5 nitrogen and oxygen atoms in total. The van der Waals surface area contributed by atoms with E-state index in [1.807, 2.05) is 13.8 Å². The molecule has 0 heterocycles. The molecule has 0 fully saturated rings. The number of carbonyl (C=O) groups excluding carboxylic acids is 2. The van der Waals surface area contributed by atoms with E-state index in [9.17, 15) is 19.8 Å². The van der Waals surface area contributed by atoms with Crippen molar-refractivity contribution in [1.82, 2.24) is 0 Å². The number of carboxylic acid groups (broad SMARTS) is 2. The van der Waals surface area contributed by atoms with Crippen LogP contribution in [0.5, 0.6) is 0 Å². The predicted octanol–water partition coefficient (Wildman–Crippen LogP) is 0.512. The maximum absolute atomic E-state index is 9.76. The van der Waals surface area contributed by atoms with Gasteiger partial charge in [-0.1, -0.05) is 39.5 Å². The van der Waals surface area contributed by atoms with Crippen molar-refractivity contribution in [2.45, 2.75) is 65.2 Å². The molecule has 0 aromatic rings. The number of hydrogen-bond donors (Lipinski definition) is 0. The zero-order valence-electron chi connectivity index (χ0n) is 11.2. The van der Waals surface area contributed by atoms with Crippen molar-refractivity contribution in [3.63, 3.8) is 0 Å². The SMILES string of the molecule is CCCCCC(=O)[O-].CCCCCC(=O)[O-].[O]=[Zr+2]. The Kier molecular flexibility index (Phi) is 27.7. The number of aliphatic carboxylic acids is 2. The first-order chi connectivity index (χ1) is 8.54. The van der Waals surface area contributed by atoms with Crippen molar-refractivity contribution in [1.29, 1.82) is 0 Å². The molecule has 0 aliphatic heterocycles. The van der Waals surface area contributed by atoms with Crippen LogP contribution >= 0.6 is 0 Å². The summed E-state index contributed by atoms with van der Waals surface area (Å²) in [6.07, 6.45) is 6.07. The van der Waals surface area contributed by atoms with E-state index in [-0.39, 0.29) is 12.8 Å². The normalized spacial score (nSPS) is 8.44. The maximum atomic E-state index is 9.76. The molecule has 18 heavy (non-hydrogen) atoms. The molecule has 0 aromatic heterocycles. The van der Waals surface area contributed by atoms with E-state index < -0.39 is 11.9 Å². The van der Waals surface area contributed by atoms with Gasteiger partial charge in [0.2, 0.25) is 0 Å². The number of carboxylic acids is 2. The summed E-state index contributed by atoms with van der Waals surface area (Å²) < 4.78 is 8.34. The van der Waals surface area contributed by atoms with Crippen LogP contribution in [0.25, 0.3) is 0 Å². The van der Waals surface area contributed by atoms with Crippen molar-refractivity contribution in [2.75, 3.05) is 0 Å². The molecule has 0 rings (SSSR count). The van der Waals surface area contributed by atoms with E-state index in [0.29, 0.717) is 24.7 Å². The molecule has 0 atom stereocenters. The first-order valence-electron chi connectivity index (χ1n) is 6.14. The van der Waals surface area contributed by atoms with Gasteiger partial charge in [0.1, 0.15) is 0 Å². The van der Waals surface area contributed by atoms with Crippen LogP contribution in [0.4, 0.5) is 0 Å². The molecule has 0 bridgehead atoms. The predicted molar refractivity (Wildman–Crippen MR) is 59.0 cm³/mol. The minimum atomic E-state index is -0.932. The molecule has 0 N–H and O–H groups in total. The summed E-state index contributed by atoms with van der Waals surface area (Å²) in [7, 11) is 0. The van der Waals surface area contributed by atoms with Crippen LogP contribution in [0.1, 0.15) is 65.2 Å². The van der Waals surface area contributed by atoms with Crippen LogP contribution in [0.2, 0.25) is 0 Å². The fourth-order valence-corrected chi connectivity index (χ4v) is 1.04. The van der Waals surface area contributed by atoms with E-state index >= 15 is 0 Å². The van der Waals surface area contributed by atoms with Gasteiger partial charge in [0.15, 0.2) is 0 Å². The monoisotopic (exact) mass is 336 g/mol. The van der Waals surface area contributed by atoms with Gasteiger partial charge >= 0.3 is 27.5 Å². The topological polar surface area (TPSA) is 97.3 Å². The molecule has 104 valence electrons. The van der Waals surface area contributed by atoms with E-state index in [1.165, 1.54) is 0 Å². The fraction of sp³-hybridized carbons (Fsp3) is 0.833. The van der Waals surface area contributed by atoms with Gasteiger partial charge < -0.3 is 19.8 Å². The third-order valence-corrected chi connectivity index (χ3v) is 1.97. The van der Waals surface area contributed by atoms with Crippen molar-refractivity contribution in [3.8, 4) is 0 Å². The first-order valence-corrected chi connectivity index (χ1v) is 7.15. The second-order valence-electron chi connectivity index (χ2n) is 3.66. The van der Waals surface area contributed by atoms with Crippen molar-refractivity contribution >= 4 is 11.9 Å². The van der Waals surface area contributed by atoms with E-state index in [2.05, 4.69) is 0 Å². The molecule has 0 saturated heterocycles. The van der Waals surface area contributed by atoms with Gasteiger partial charge in [0, 0.05) is 11.9 Å². The number of rotatable bonds is 8. The summed E-state index contributed by atoms with van der Waals surface area (Å²) in [4.78, 5) is 19.5. The molecule has 0 aliphatic carbocycles. The standard InChI is InChI=1S/2C6H12O2.O.Zr/c2*1-2-3-4-5-6(7)8;;/h2*2-5H2,1H3,(H,7,8);;/q;;;+2/p-2. The molecule has 0 amide bonds. The molecular formula is C12H22O5Zr. The van der Waals surface area contributed by atoms with Crippen LogP contribution < -0.4 is 10.2 Å². The van der Waals surface area contributed by atoms with Gasteiger partial charge in [0.25, 0.3) is 0 Å².